The highest BCUT2D eigenvalue weighted by atomic mass is 32.2. The number of aromatic nitrogens is 1. The van der Waals surface area contributed by atoms with Crippen molar-refractivity contribution in [3.63, 3.8) is 0 Å². The lowest BCUT2D eigenvalue weighted by Gasteiger charge is -2.12. The molecule has 1 heterocycles. The summed E-state index contributed by atoms with van der Waals surface area (Å²) in [5, 5.41) is 2.06. The maximum absolute atomic E-state index is 12.3. The Morgan fingerprint density at radius 2 is 1.76 bits per heavy atom. The Bertz CT molecular complexity index is 1100. The zero-order valence-corrected chi connectivity index (χ0v) is 18.4. The molecule has 0 unspecified atom stereocenters. The van der Waals surface area contributed by atoms with Crippen LogP contribution in [0.5, 0.6) is 0 Å². The summed E-state index contributed by atoms with van der Waals surface area (Å²) in [6, 6.07) is 16.8. The smallest absolute Gasteiger partial charge is 0.242 e. The van der Waals surface area contributed by atoms with Crippen LogP contribution in [0.1, 0.15) is 6.42 Å². The molecule has 29 heavy (non-hydrogen) atoms. The molecule has 0 aliphatic heterocycles. The van der Waals surface area contributed by atoms with Gasteiger partial charge in [0.15, 0.2) is 4.80 Å². The van der Waals surface area contributed by atoms with Crippen LogP contribution in [-0.4, -0.2) is 45.1 Å². The van der Waals surface area contributed by atoms with Gasteiger partial charge in [-0.3, -0.25) is 0 Å². The average molecular weight is 432 g/mol. The summed E-state index contributed by atoms with van der Waals surface area (Å²) in [6.07, 6.45) is 0.856. The van der Waals surface area contributed by atoms with E-state index in [-0.39, 0.29) is 4.90 Å². The maximum Gasteiger partial charge on any atom is 0.242 e. The van der Waals surface area contributed by atoms with E-state index in [2.05, 4.69) is 9.95 Å². The first-order chi connectivity index (χ1) is 13.9. The van der Waals surface area contributed by atoms with Gasteiger partial charge in [-0.15, -0.1) is 11.3 Å². The molecule has 2 aromatic carbocycles. The SMILES string of the molecule is COCCCn1c(-c2ccc(S(=O)(=O)N(C)C)cc2)csc1=Nc1ccccc1. The van der Waals surface area contributed by atoms with Crippen LogP contribution in [-0.2, 0) is 21.3 Å². The number of rotatable bonds is 8. The Balaban J connectivity index is 2.02. The topological polar surface area (TPSA) is 63.9 Å². The van der Waals surface area contributed by atoms with Crippen LogP contribution in [0.25, 0.3) is 11.3 Å². The van der Waals surface area contributed by atoms with Gasteiger partial charge in [0.1, 0.15) is 0 Å². The van der Waals surface area contributed by atoms with Gasteiger partial charge < -0.3 is 9.30 Å². The Morgan fingerprint density at radius 3 is 2.38 bits per heavy atom. The van der Waals surface area contributed by atoms with Crippen LogP contribution in [0.3, 0.4) is 0 Å². The average Bonchev–Trinajstić information content (AvgIpc) is 3.11. The maximum atomic E-state index is 12.3. The van der Waals surface area contributed by atoms with E-state index >= 15 is 0 Å². The van der Waals surface area contributed by atoms with Crippen molar-refractivity contribution < 1.29 is 13.2 Å². The van der Waals surface area contributed by atoms with E-state index in [1.807, 2.05) is 42.5 Å². The minimum atomic E-state index is -3.44. The molecule has 3 aromatic rings. The molecule has 0 radical (unpaired) electrons. The predicted molar refractivity (Wildman–Crippen MR) is 117 cm³/mol. The first kappa shape index (κ1) is 21.4. The van der Waals surface area contributed by atoms with Gasteiger partial charge in [-0.2, -0.15) is 0 Å². The number of hydrogen-bond acceptors (Lipinski definition) is 5. The van der Waals surface area contributed by atoms with E-state index in [4.69, 9.17) is 9.73 Å². The van der Waals surface area contributed by atoms with E-state index in [1.165, 1.54) is 18.4 Å². The molecule has 0 amide bonds. The van der Waals surface area contributed by atoms with Crippen LogP contribution in [0.4, 0.5) is 5.69 Å². The molecule has 8 heteroatoms. The summed E-state index contributed by atoms with van der Waals surface area (Å²) in [7, 11) is 1.31. The van der Waals surface area contributed by atoms with Crippen LogP contribution in [0, 0.1) is 0 Å². The van der Waals surface area contributed by atoms with E-state index in [0.29, 0.717) is 6.61 Å². The molecule has 0 bridgehead atoms. The fourth-order valence-electron chi connectivity index (χ4n) is 2.85. The van der Waals surface area contributed by atoms with Crippen LogP contribution in [0.2, 0.25) is 0 Å². The third-order valence-electron chi connectivity index (χ3n) is 4.44. The Labute approximate surface area is 175 Å². The summed E-state index contributed by atoms with van der Waals surface area (Å²) < 4.78 is 33.2. The first-order valence-electron chi connectivity index (χ1n) is 9.23. The number of ether oxygens (including phenoxy) is 1. The number of benzene rings is 2. The van der Waals surface area contributed by atoms with E-state index in [9.17, 15) is 8.42 Å². The molecule has 0 atom stereocenters. The van der Waals surface area contributed by atoms with E-state index in [0.717, 1.165) is 34.7 Å². The fourth-order valence-corrected chi connectivity index (χ4v) is 4.71. The lowest BCUT2D eigenvalue weighted by Crippen LogP contribution is -2.22. The number of thiazole rings is 1. The van der Waals surface area contributed by atoms with Crippen molar-refractivity contribution in [3.8, 4) is 11.3 Å². The van der Waals surface area contributed by atoms with Gasteiger partial charge in [-0.25, -0.2) is 17.7 Å². The van der Waals surface area contributed by atoms with Gasteiger partial charge in [0.25, 0.3) is 0 Å². The van der Waals surface area contributed by atoms with Crippen molar-refractivity contribution in [2.45, 2.75) is 17.9 Å². The monoisotopic (exact) mass is 431 g/mol. The zero-order chi connectivity index (χ0) is 20.9. The third kappa shape index (κ3) is 5.02. The summed E-state index contributed by atoms with van der Waals surface area (Å²) in [6.45, 7) is 1.42. The van der Waals surface area contributed by atoms with Crippen LogP contribution >= 0.6 is 11.3 Å². The van der Waals surface area contributed by atoms with Crippen molar-refractivity contribution in [2.24, 2.45) is 4.99 Å². The van der Waals surface area contributed by atoms with Crippen molar-refractivity contribution in [1.29, 1.82) is 0 Å². The molecule has 0 aliphatic rings. The van der Waals surface area contributed by atoms with Crippen molar-refractivity contribution in [3.05, 3.63) is 64.8 Å². The normalized spacial score (nSPS) is 12.6. The number of hydrogen-bond donors (Lipinski definition) is 0. The van der Waals surface area contributed by atoms with Gasteiger partial charge in [-0.1, -0.05) is 30.3 Å². The number of methoxy groups -OCH3 is 1. The highest BCUT2D eigenvalue weighted by Crippen LogP contribution is 2.24. The first-order valence-corrected chi connectivity index (χ1v) is 11.6. The highest BCUT2D eigenvalue weighted by molar-refractivity contribution is 7.89. The lowest BCUT2D eigenvalue weighted by atomic mass is 10.2. The second-order valence-electron chi connectivity index (χ2n) is 6.66. The second kappa shape index (κ2) is 9.49. The summed E-state index contributed by atoms with van der Waals surface area (Å²) in [5.74, 6) is 0. The fraction of sp³-hybridized carbons (Fsp3) is 0.286. The molecule has 3 rings (SSSR count). The molecule has 154 valence electrons. The molecule has 6 nitrogen and oxygen atoms in total. The molecular weight excluding hydrogens is 406 g/mol. The number of para-hydroxylation sites is 1. The zero-order valence-electron chi connectivity index (χ0n) is 16.8. The van der Waals surface area contributed by atoms with Crippen LogP contribution < -0.4 is 4.80 Å². The molecular formula is C21H25N3O3S2. The van der Waals surface area contributed by atoms with Crippen LogP contribution in [0.15, 0.2) is 69.9 Å². The summed E-state index contributed by atoms with van der Waals surface area (Å²) in [5.41, 5.74) is 2.86. The standard InChI is InChI=1S/C21H25N3O3S2/c1-23(2)29(25,26)19-12-10-17(11-13-19)20-16-28-21(24(20)14-7-15-27-3)22-18-8-5-4-6-9-18/h4-6,8-13,16H,7,14-15H2,1-3H3. The minimum absolute atomic E-state index is 0.279. The largest absolute Gasteiger partial charge is 0.385 e. The summed E-state index contributed by atoms with van der Waals surface area (Å²) >= 11 is 1.57. The van der Waals surface area contributed by atoms with Gasteiger partial charge in [-0.05, 0) is 36.2 Å². The Kier molecular flexibility index (Phi) is 7.02. The van der Waals surface area contributed by atoms with Crippen molar-refractivity contribution in [1.82, 2.24) is 8.87 Å². The van der Waals surface area contributed by atoms with Gasteiger partial charge in [0.05, 0.1) is 16.3 Å². The number of sulfonamides is 1. The molecule has 0 saturated heterocycles. The van der Waals surface area contributed by atoms with E-state index in [1.54, 1.807) is 30.6 Å². The summed E-state index contributed by atoms with van der Waals surface area (Å²) in [4.78, 5) is 5.96. The Hall–Kier alpha value is -2.26. The predicted octanol–water partition coefficient (Wildman–Crippen LogP) is 3.74. The molecule has 0 fully saturated rings. The minimum Gasteiger partial charge on any atom is -0.385 e. The third-order valence-corrected chi connectivity index (χ3v) is 7.13. The molecule has 0 spiro atoms. The van der Waals surface area contributed by atoms with Crippen molar-refractivity contribution in [2.75, 3.05) is 27.8 Å². The molecule has 0 aliphatic carbocycles. The van der Waals surface area contributed by atoms with Gasteiger partial charge >= 0.3 is 0 Å². The van der Waals surface area contributed by atoms with Gasteiger partial charge in [0.2, 0.25) is 10.0 Å². The number of nitrogens with zero attached hydrogens (tertiary/aromatic N) is 3. The second-order valence-corrected chi connectivity index (χ2v) is 9.65. The highest BCUT2D eigenvalue weighted by Gasteiger charge is 2.17. The molecule has 0 saturated carbocycles. The molecule has 0 N–H and O–H groups in total. The van der Waals surface area contributed by atoms with Crippen molar-refractivity contribution >= 4 is 27.0 Å². The quantitative estimate of drug-likeness (QED) is 0.511. The molecule has 1 aromatic heterocycles. The van der Waals surface area contributed by atoms with E-state index < -0.39 is 10.0 Å². The van der Waals surface area contributed by atoms with Gasteiger partial charge in [0, 0.05) is 39.7 Å². The lowest BCUT2D eigenvalue weighted by molar-refractivity contribution is 0.190. The Morgan fingerprint density at radius 1 is 1.07 bits per heavy atom.